The SMILES string of the molecule is O=S(=O)(NC[C@@H](c1ccccc1)N1CCOCC1)c1cc(F)cc(F)c1. The second kappa shape index (κ2) is 8.22. The molecule has 0 saturated carbocycles. The molecule has 1 heterocycles. The number of morpholine rings is 1. The molecule has 0 aromatic heterocycles. The maximum absolute atomic E-state index is 13.4. The molecule has 26 heavy (non-hydrogen) atoms. The second-order valence-corrected chi connectivity index (χ2v) is 7.80. The molecule has 0 aliphatic carbocycles. The van der Waals surface area contributed by atoms with Crippen LogP contribution in [-0.4, -0.2) is 46.2 Å². The van der Waals surface area contributed by atoms with Crippen molar-refractivity contribution in [2.45, 2.75) is 10.9 Å². The molecule has 1 saturated heterocycles. The molecule has 0 spiro atoms. The van der Waals surface area contributed by atoms with Crippen LogP contribution in [0.2, 0.25) is 0 Å². The van der Waals surface area contributed by atoms with Gasteiger partial charge in [-0.2, -0.15) is 0 Å². The fraction of sp³-hybridized carbons (Fsp3) is 0.333. The van der Waals surface area contributed by atoms with Crippen LogP contribution >= 0.6 is 0 Å². The van der Waals surface area contributed by atoms with Gasteiger partial charge in [0, 0.05) is 31.7 Å². The van der Waals surface area contributed by atoms with Crippen LogP contribution in [0.3, 0.4) is 0 Å². The van der Waals surface area contributed by atoms with Crippen LogP contribution in [0.4, 0.5) is 8.78 Å². The van der Waals surface area contributed by atoms with Gasteiger partial charge in [0.05, 0.1) is 18.1 Å². The summed E-state index contributed by atoms with van der Waals surface area (Å²) in [6.07, 6.45) is 0. The predicted octanol–water partition coefficient (Wildman–Crippen LogP) is 2.32. The largest absolute Gasteiger partial charge is 0.379 e. The highest BCUT2D eigenvalue weighted by Crippen LogP contribution is 2.22. The van der Waals surface area contributed by atoms with E-state index in [2.05, 4.69) is 9.62 Å². The molecule has 0 bridgehead atoms. The third-order valence-corrected chi connectivity index (χ3v) is 5.69. The third kappa shape index (κ3) is 4.64. The Morgan fingerprint density at radius 1 is 1.04 bits per heavy atom. The molecule has 1 fully saturated rings. The van der Waals surface area contributed by atoms with Gasteiger partial charge in [-0.15, -0.1) is 0 Å². The molecular weight excluding hydrogens is 362 g/mol. The molecule has 8 heteroatoms. The summed E-state index contributed by atoms with van der Waals surface area (Å²) in [5.74, 6) is -1.86. The molecule has 1 N–H and O–H groups in total. The summed E-state index contributed by atoms with van der Waals surface area (Å²) >= 11 is 0. The van der Waals surface area contributed by atoms with E-state index in [1.54, 1.807) is 0 Å². The second-order valence-electron chi connectivity index (χ2n) is 6.03. The summed E-state index contributed by atoms with van der Waals surface area (Å²) in [5, 5.41) is 0. The predicted molar refractivity (Wildman–Crippen MR) is 93.1 cm³/mol. The normalized spacial score (nSPS) is 17.2. The number of benzene rings is 2. The van der Waals surface area contributed by atoms with Crippen molar-refractivity contribution in [3.8, 4) is 0 Å². The lowest BCUT2D eigenvalue weighted by Crippen LogP contribution is -2.43. The van der Waals surface area contributed by atoms with E-state index in [0.717, 1.165) is 17.7 Å². The average molecular weight is 382 g/mol. The zero-order valence-electron chi connectivity index (χ0n) is 14.1. The van der Waals surface area contributed by atoms with E-state index in [4.69, 9.17) is 4.74 Å². The summed E-state index contributed by atoms with van der Waals surface area (Å²) in [6.45, 7) is 2.59. The average Bonchev–Trinajstić information content (AvgIpc) is 2.63. The van der Waals surface area contributed by atoms with Crippen molar-refractivity contribution in [2.24, 2.45) is 0 Å². The van der Waals surface area contributed by atoms with Crippen LogP contribution in [0.15, 0.2) is 53.4 Å². The highest BCUT2D eigenvalue weighted by Gasteiger charge is 2.25. The minimum atomic E-state index is -4.03. The van der Waals surface area contributed by atoms with E-state index in [1.807, 2.05) is 30.3 Å². The minimum absolute atomic E-state index is 0.0878. The van der Waals surface area contributed by atoms with Crippen molar-refractivity contribution in [2.75, 3.05) is 32.8 Å². The van der Waals surface area contributed by atoms with Crippen LogP contribution in [-0.2, 0) is 14.8 Å². The number of nitrogens with zero attached hydrogens (tertiary/aromatic N) is 1. The lowest BCUT2D eigenvalue weighted by molar-refractivity contribution is 0.0172. The Balaban J connectivity index is 1.80. The molecule has 140 valence electrons. The summed E-state index contributed by atoms with van der Waals surface area (Å²) < 4.78 is 59.5. The lowest BCUT2D eigenvalue weighted by atomic mass is 10.1. The highest BCUT2D eigenvalue weighted by molar-refractivity contribution is 7.89. The van der Waals surface area contributed by atoms with Gasteiger partial charge in [0.25, 0.3) is 0 Å². The zero-order valence-corrected chi connectivity index (χ0v) is 14.9. The van der Waals surface area contributed by atoms with Crippen LogP contribution in [0.25, 0.3) is 0 Å². The zero-order chi connectivity index (χ0) is 18.6. The summed E-state index contributed by atoms with van der Waals surface area (Å²) in [5.41, 5.74) is 0.961. The first-order valence-electron chi connectivity index (χ1n) is 8.28. The molecule has 1 aliphatic heterocycles. The molecule has 1 aliphatic rings. The van der Waals surface area contributed by atoms with Crippen molar-refractivity contribution in [3.63, 3.8) is 0 Å². The minimum Gasteiger partial charge on any atom is -0.379 e. The van der Waals surface area contributed by atoms with Gasteiger partial charge in [-0.25, -0.2) is 21.9 Å². The number of hydrogen-bond acceptors (Lipinski definition) is 4. The van der Waals surface area contributed by atoms with Gasteiger partial charge in [0.1, 0.15) is 11.6 Å². The topological polar surface area (TPSA) is 58.6 Å². The Kier molecular flexibility index (Phi) is 5.98. The molecule has 2 aromatic carbocycles. The van der Waals surface area contributed by atoms with Gasteiger partial charge in [-0.05, 0) is 17.7 Å². The van der Waals surface area contributed by atoms with Gasteiger partial charge >= 0.3 is 0 Å². The Labute approximate surface area is 151 Å². The van der Waals surface area contributed by atoms with Crippen LogP contribution in [0, 0.1) is 11.6 Å². The number of nitrogens with one attached hydrogen (secondary N) is 1. The van der Waals surface area contributed by atoms with Gasteiger partial charge in [-0.3, -0.25) is 4.90 Å². The maximum atomic E-state index is 13.4. The number of rotatable bonds is 6. The van der Waals surface area contributed by atoms with Crippen molar-refractivity contribution in [1.82, 2.24) is 9.62 Å². The van der Waals surface area contributed by atoms with E-state index in [9.17, 15) is 17.2 Å². The van der Waals surface area contributed by atoms with Crippen molar-refractivity contribution in [1.29, 1.82) is 0 Å². The van der Waals surface area contributed by atoms with Gasteiger partial charge in [0.2, 0.25) is 10.0 Å². The molecule has 3 rings (SSSR count). The first kappa shape index (κ1) is 18.9. The Morgan fingerprint density at radius 3 is 2.27 bits per heavy atom. The summed E-state index contributed by atoms with van der Waals surface area (Å²) in [4.78, 5) is 1.71. The smallest absolute Gasteiger partial charge is 0.240 e. The summed E-state index contributed by atoms with van der Waals surface area (Å²) in [6, 6.07) is 11.6. The number of halogens is 2. The van der Waals surface area contributed by atoms with Crippen LogP contribution in [0.5, 0.6) is 0 Å². The van der Waals surface area contributed by atoms with E-state index in [1.165, 1.54) is 0 Å². The molecule has 0 unspecified atom stereocenters. The number of hydrogen-bond donors (Lipinski definition) is 1. The van der Waals surface area contributed by atoms with Crippen molar-refractivity contribution < 1.29 is 21.9 Å². The van der Waals surface area contributed by atoms with Crippen molar-refractivity contribution in [3.05, 3.63) is 65.7 Å². The summed E-state index contributed by atoms with van der Waals surface area (Å²) in [7, 11) is -4.03. The van der Waals surface area contributed by atoms with Gasteiger partial charge in [0.15, 0.2) is 0 Å². The van der Waals surface area contributed by atoms with E-state index in [0.29, 0.717) is 32.4 Å². The van der Waals surface area contributed by atoms with Crippen LogP contribution < -0.4 is 4.72 Å². The standard InChI is InChI=1S/C18H20F2N2O3S/c19-15-10-16(20)12-17(11-15)26(23,24)21-13-18(14-4-2-1-3-5-14)22-6-8-25-9-7-22/h1-5,10-12,18,21H,6-9,13H2/t18-/m0/s1. The fourth-order valence-corrected chi connectivity index (χ4v) is 4.06. The van der Waals surface area contributed by atoms with E-state index < -0.39 is 26.6 Å². The molecule has 1 atom stereocenters. The third-order valence-electron chi connectivity index (χ3n) is 4.28. The maximum Gasteiger partial charge on any atom is 0.240 e. The van der Waals surface area contributed by atoms with Crippen LogP contribution in [0.1, 0.15) is 11.6 Å². The Morgan fingerprint density at radius 2 is 1.65 bits per heavy atom. The first-order chi connectivity index (χ1) is 12.5. The highest BCUT2D eigenvalue weighted by atomic mass is 32.2. The Hall–Kier alpha value is -1.87. The molecule has 0 radical (unpaired) electrons. The molecule has 0 amide bonds. The van der Waals surface area contributed by atoms with E-state index in [-0.39, 0.29) is 12.6 Å². The fourth-order valence-electron chi connectivity index (χ4n) is 2.98. The number of ether oxygens (including phenoxy) is 1. The lowest BCUT2D eigenvalue weighted by Gasteiger charge is -2.34. The Bertz CT molecular complexity index is 821. The van der Waals surface area contributed by atoms with Gasteiger partial charge < -0.3 is 4.74 Å². The first-order valence-corrected chi connectivity index (χ1v) is 9.76. The molecular formula is C18H20F2N2O3S. The van der Waals surface area contributed by atoms with Crippen molar-refractivity contribution >= 4 is 10.0 Å². The van der Waals surface area contributed by atoms with E-state index >= 15 is 0 Å². The quantitative estimate of drug-likeness (QED) is 0.833. The van der Waals surface area contributed by atoms with Gasteiger partial charge in [-0.1, -0.05) is 30.3 Å². The molecule has 5 nitrogen and oxygen atoms in total. The monoisotopic (exact) mass is 382 g/mol. The number of sulfonamides is 1. The molecule has 2 aromatic rings.